The SMILES string of the molecule is COc1ccccc1CCNC(=O)C(C)CS(=O)(=O)Nc1cccc(F)c1. The van der Waals surface area contributed by atoms with Crippen molar-refractivity contribution in [2.24, 2.45) is 5.92 Å². The highest BCUT2D eigenvalue weighted by atomic mass is 32.2. The molecule has 2 aromatic carbocycles. The summed E-state index contributed by atoms with van der Waals surface area (Å²) < 4.78 is 45.0. The predicted molar refractivity (Wildman–Crippen MR) is 103 cm³/mol. The molecule has 2 N–H and O–H groups in total. The van der Waals surface area contributed by atoms with Crippen LogP contribution in [0.5, 0.6) is 5.75 Å². The fourth-order valence-corrected chi connectivity index (χ4v) is 3.96. The third kappa shape index (κ3) is 6.56. The first-order valence-electron chi connectivity index (χ1n) is 8.46. The van der Waals surface area contributed by atoms with Crippen LogP contribution in [0, 0.1) is 11.7 Å². The van der Waals surface area contributed by atoms with Crippen molar-refractivity contribution < 1.29 is 22.3 Å². The summed E-state index contributed by atoms with van der Waals surface area (Å²) in [5, 5.41) is 2.73. The van der Waals surface area contributed by atoms with Gasteiger partial charge in [-0.25, -0.2) is 12.8 Å². The lowest BCUT2D eigenvalue weighted by Gasteiger charge is -2.14. The topological polar surface area (TPSA) is 84.5 Å². The van der Waals surface area contributed by atoms with Crippen LogP contribution in [0.15, 0.2) is 48.5 Å². The van der Waals surface area contributed by atoms with Crippen molar-refractivity contribution in [1.82, 2.24) is 5.32 Å². The Labute approximate surface area is 158 Å². The number of halogens is 1. The van der Waals surface area contributed by atoms with Crippen LogP contribution in [0.2, 0.25) is 0 Å². The van der Waals surface area contributed by atoms with Crippen molar-refractivity contribution in [3.05, 3.63) is 59.9 Å². The van der Waals surface area contributed by atoms with E-state index in [1.807, 2.05) is 24.3 Å². The number of carbonyl (C=O) groups excluding carboxylic acids is 1. The lowest BCUT2D eigenvalue weighted by molar-refractivity contribution is -0.123. The fourth-order valence-electron chi connectivity index (χ4n) is 2.58. The second-order valence-corrected chi connectivity index (χ2v) is 7.91. The quantitative estimate of drug-likeness (QED) is 0.685. The lowest BCUT2D eigenvalue weighted by Crippen LogP contribution is -2.35. The van der Waals surface area contributed by atoms with Crippen molar-refractivity contribution >= 4 is 21.6 Å². The Morgan fingerprint density at radius 2 is 1.93 bits per heavy atom. The van der Waals surface area contributed by atoms with Crippen molar-refractivity contribution in [1.29, 1.82) is 0 Å². The summed E-state index contributed by atoms with van der Waals surface area (Å²) in [4.78, 5) is 12.2. The molecule has 0 saturated carbocycles. The van der Waals surface area contributed by atoms with Crippen molar-refractivity contribution in [3.63, 3.8) is 0 Å². The zero-order chi connectivity index (χ0) is 19.9. The van der Waals surface area contributed by atoms with Gasteiger partial charge in [0.05, 0.1) is 24.5 Å². The molecule has 2 aromatic rings. The molecule has 0 saturated heterocycles. The Morgan fingerprint density at radius 3 is 2.63 bits per heavy atom. The zero-order valence-electron chi connectivity index (χ0n) is 15.2. The minimum Gasteiger partial charge on any atom is -0.496 e. The van der Waals surface area contributed by atoms with Crippen molar-refractivity contribution in [2.75, 3.05) is 24.1 Å². The van der Waals surface area contributed by atoms with Gasteiger partial charge in [0, 0.05) is 6.54 Å². The first-order valence-corrected chi connectivity index (χ1v) is 10.1. The number of hydrogen-bond acceptors (Lipinski definition) is 4. The molecule has 146 valence electrons. The highest BCUT2D eigenvalue weighted by Crippen LogP contribution is 2.17. The number of ether oxygens (including phenoxy) is 1. The van der Waals surface area contributed by atoms with E-state index in [0.717, 1.165) is 17.4 Å². The van der Waals surface area contributed by atoms with Gasteiger partial charge < -0.3 is 10.1 Å². The Bertz CT molecular complexity index is 887. The average Bonchev–Trinajstić information content (AvgIpc) is 2.61. The number of rotatable bonds is 9. The second-order valence-electron chi connectivity index (χ2n) is 6.15. The first kappa shape index (κ1) is 20.7. The largest absolute Gasteiger partial charge is 0.496 e. The van der Waals surface area contributed by atoms with Crippen LogP contribution < -0.4 is 14.8 Å². The summed E-state index contributed by atoms with van der Waals surface area (Å²) in [6.45, 7) is 1.89. The first-order chi connectivity index (χ1) is 12.8. The molecular weight excluding hydrogens is 371 g/mol. The Balaban J connectivity index is 1.85. The van der Waals surface area contributed by atoms with Gasteiger partial charge in [-0.3, -0.25) is 9.52 Å². The number of methoxy groups -OCH3 is 1. The smallest absolute Gasteiger partial charge is 0.233 e. The van der Waals surface area contributed by atoms with Gasteiger partial charge in [-0.15, -0.1) is 0 Å². The molecule has 1 unspecified atom stereocenters. The second kappa shape index (κ2) is 9.36. The number of anilines is 1. The maximum Gasteiger partial charge on any atom is 0.233 e. The number of amides is 1. The van der Waals surface area contributed by atoms with E-state index < -0.39 is 27.5 Å². The van der Waals surface area contributed by atoms with Gasteiger partial charge >= 0.3 is 0 Å². The summed E-state index contributed by atoms with van der Waals surface area (Å²) in [6.07, 6.45) is 0.566. The van der Waals surface area contributed by atoms with Gasteiger partial charge in [-0.1, -0.05) is 31.2 Å². The molecule has 8 heteroatoms. The van der Waals surface area contributed by atoms with Crippen LogP contribution in [-0.2, 0) is 21.2 Å². The van der Waals surface area contributed by atoms with E-state index in [9.17, 15) is 17.6 Å². The van der Waals surface area contributed by atoms with Gasteiger partial charge in [0.1, 0.15) is 11.6 Å². The standard InChI is InChI=1S/C19H23FN2O4S/c1-14(13-27(24,25)22-17-8-5-7-16(20)12-17)19(23)21-11-10-15-6-3-4-9-18(15)26-2/h3-9,12,14,22H,10-11,13H2,1-2H3,(H,21,23). The Kier molecular flexibility index (Phi) is 7.18. The molecular formula is C19H23FN2O4S. The van der Waals surface area contributed by atoms with Crippen LogP contribution in [0.4, 0.5) is 10.1 Å². The van der Waals surface area contributed by atoms with E-state index in [-0.39, 0.29) is 11.6 Å². The van der Waals surface area contributed by atoms with Crippen LogP contribution >= 0.6 is 0 Å². The molecule has 0 aromatic heterocycles. The number of benzene rings is 2. The van der Waals surface area contributed by atoms with Gasteiger partial charge in [0.15, 0.2) is 0 Å². The van der Waals surface area contributed by atoms with E-state index in [0.29, 0.717) is 13.0 Å². The molecule has 0 aliphatic rings. The molecule has 1 atom stereocenters. The average molecular weight is 394 g/mol. The third-order valence-corrected chi connectivity index (χ3v) is 5.39. The van der Waals surface area contributed by atoms with Crippen molar-refractivity contribution in [2.45, 2.75) is 13.3 Å². The zero-order valence-corrected chi connectivity index (χ0v) is 16.1. The highest BCUT2D eigenvalue weighted by Gasteiger charge is 2.21. The molecule has 0 radical (unpaired) electrons. The molecule has 6 nitrogen and oxygen atoms in total. The summed E-state index contributed by atoms with van der Waals surface area (Å²) >= 11 is 0. The fraction of sp³-hybridized carbons (Fsp3) is 0.316. The molecule has 1 amide bonds. The van der Waals surface area contributed by atoms with Crippen LogP contribution in [0.25, 0.3) is 0 Å². The van der Waals surface area contributed by atoms with Crippen molar-refractivity contribution in [3.8, 4) is 5.75 Å². The van der Waals surface area contributed by atoms with E-state index in [1.165, 1.54) is 25.1 Å². The van der Waals surface area contributed by atoms with Gasteiger partial charge in [0.25, 0.3) is 0 Å². The van der Waals surface area contributed by atoms with Crippen LogP contribution in [0.3, 0.4) is 0 Å². The Morgan fingerprint density at radius 1 is 1.19 bits per heavy atom. The molecule has 0 aliphatic heterocycles. The molecule has 0 bridgehead atoms. The molecule has 0 heterocycles. The molecule has 0 fully saturated rings. The van der Waals surface area contributed by atoms with Crippen LogP contribution in [-0.4, -0.2) is 33.7 Å². The summed E-state index contributed by atoms with van der Waals surface area (Å²) in [5.41, 5.74) is 1.08. The maximum absolute atomic E-state index is 13.2. The number of carbonyl (C=O) groups is 1. The van der Waals surface area contributed by atoms with Gasteiger partial charge in [-0.2, -0.15) is 0 Å². The van der Waals surface area contributed by atoms with Gasteiger partial charge in [-0.05, 0) is 36.2 Å². The predicted octanol–water partition coefficient (Wildman–Crippen LogP) is 2.57. The minimum absolute atomic E-state index is 0.124. The van der Waals surface area contributed by atoms with Gasteiger partial charge in [0.2, 0.25) is 15.9 Å². The monoisotopic (exact) mass is 394 g/mol. The minimum atomic E-state index is -3.78. The number of para-hydroxylation sites is 1. The molecule has 2 rings (SSSR count). The molecule has 27 heavy (non-hydrogen) atoms. The maximum atomic E-state index is 13.2. The summed E-state index contributed by atoms with van der Waals surface area (Å²) in [6, 6.07) is 12.6. The van der Waals surface area contributed by atoms with E-state index in [2.05, 4.69) is 10.0 Å². The summed E-state index contributed by atoms with van der Waals surface area (Å²) in [5.74, 6) is -1.33. The third-order valence-electron chi connectivity index (χ3n) is 3.90. The van der Waals surface area contributed by atoms with E-state index in [4.69, 9.17) is 4.74 Å². The number of sulfonamides is 1. The van der Waals surface area contributed by atoms with E-state index >= 15 is 0 Å². The summed E-state index contributed by atoms with van der Waals surface area (Å²) in [7, 11) is -2.20. The highest BCUT2D eigenvalue weighted by molar-refractivity contribution is 7.92. The van der Waals surface area contributed by atoms with Crippen LogP contribution in [0.1, 0.15) is 12.5 Å². The lowest BCUT2D eigenvalue weighted by atomic mass is 10.1. The van der Waals surface area contributed by atoms with E-state index in [1.54, 1.807) is 7.11 Å². The Hall–Kier alpha value is -2.61. The normalized spacial score (nSPS) is 12.3. The number of nitrogens with one attached hydrogen (secondary N) is 2. The molecule has 0 spiro atoms. The number of hydrogen-bond donors (Lipinski definition) is 2. The molecule has 0 aliphatic carbocycles.